The van der Waals surface area contributed by atoms with Crippen molar-refractivity contribution in [3.05, 3.63) is 29.8 Å². The summed E-state index contributed by atoms with van der Waals surface area (Å²) in [5, 5.41) is 0.848. The van der Waals surface area contributed by atoms with Crippen LogP contribution in [0, 0.1) is 0 Å². The smallest absolute Gasteiger partial charge is 0.340 e. The molecule has 2 rings (SSSR count). The van der Waals surface area contributed by atoms with Gasteiger partial charge in [-0.3, -0.25) is 0 Å². The van der Waals surface area contributed by atoms with Crippen LogP contribution in [-0.2, 0) is 4.74 Å². The fraction of sp³-hybridized carbons (Fsp3) is 0.231. The van der Waals surface area contributed by atoms with Gasteiger partial charge < -0.3 is 15.2 Å². The first-order valence-corrected chi connectivity index (χ1v) is 5.57. The number of nitrogens with two attached hydrogens (primary N) is 1. The van der Waals surface area contributed by atoms with Gasteiger partial charge in [0.15, 0.2) is 0 Å². The highest BCUT2D eigenvalue weighted by Gasteiger charge is 2.14. The number of hydrogen-bond acceptors (Lipinski definition) is 5. The molecule has 2 aromatic rings. The summed E-state index contributed by atoms with van der Waals surface area (Å²) in [5.41, 5.74) is 7.13. The van der Waals surface area contributed by atoms with Crippen LogP contribution in [0.15, 0.2) is 24.3 Å². The Morgan fingerprint density at radius 3 is 2.72 bits per heavy atom. The molecule has 0 amide bonds. The van der Waals surface area contributed by atoms with E-state index in [0.717, 1.165) is 5.39 Å². The van der Waals surface area contributed by atoms with E-state index in [1.54, 1.807) is 25.1 Å². The van der Waals surface area contributed by atoms with Crippen molar-refractivity contribution in [1.82, 2.24) is 4.98 Å². The number of ether oxygens (including phenoxy) is 2. The Kier molecular flexibility index (Phi) is 3.32. The number of carbonyl (C=O) groups is 1. The summed E-state index contributed by atoms with van der Waals surface area (Å²) in [7, 11) is 1.53. The van der Waals surface area contributed by atoms with E-state index >= 15 is 0 Å². The molecule has 5 heteroatoms. The maximum absolute atomic E-state index is 11.7. The number of nitrogens with zero attached hydrogens (tertiary/aromatic N) is 1. The van der Waals surface area contributed by atoms with Gasteiger partial charge in [0.2, 0.25) is 5.88 Å². The second-order valence-electron chi connectivity index (χ2n) is 3.67. The van der Waals surface area contributed by atoms with E-state index < -0.39 is 5.97 Å². The van der Waals surface area contributed by atoms with Crippen LogP contribution in [0.5, 0.6) is 5.88 Å². The first-order valence-electron chi connectivity index (χ1n) is 5.57. The van der Waals surface area contributed by atoms with Crippen molar-refractivity contribution in [2.45, 2.75) is 6.92 Å². The molecule has 0 aliphatic rings. The van der Waals surface area contributed by atoms with Crippen molar-refractivity contribution < 1.29 is 14.3 Å². The van der Waals surface area contributed by atoms with Gasteiger partial charge in [0.05, 0.1) is 30.5 Å². The Morgan fingerprint density at radius 2 is 2.06 bits per heavy atom. The molecule has 0 fully saturated rings. The molecule has 1 aromatic carbocycles. The Hall–Kier alpha value is -2.30. The van der Waals surface area contributed by atoms with Gasteiger partial charge in [-0.05, 0) is 19.1 Å². The van der Waals surface area contributed by atoms with Crippen LogP contribution < -0.4 is 10.5 Å². The summed E-state index contributed by atoms with van der Waals surface area (Å²) in [5.74, 6) is 0.0109. The predicted molar refractivity (Wildman–Crippen MR) is 68.7 cm³/mol. The monoisotopic (exact) mass is 246 g/mol. The molecule has 1 aromatic heterocycles. The minimum Gasteiger partial charge on any atom is -0.481 e. The lowest BCUT2D eigenvalue weighted by molar-refractivity contribution is 0.0528. The summed E-state index contributed by atoms with van der Waals surface area (Å²) in [6, 6.07) is 7.01. The average molecular weight is 246 g/mol. The molecule has 1 heterocycles. The zero-order chi connectivity index (χ0) is 13.1. The zero-order valence-electron chi connectivity index (χ0n) is 10.3. The molecule has 0 saturated carbocycles. The van der Waals surface area contributed by atoms with Crippen molar-refractivity contribution in [3.63, 3.8) is 0 Å². The van der Waals surface area contributed by atoms with Gasteiger partial charge >= 0.3 is 5.97 Å². The largest absolute Gasteiger partial charge is 0.481 e. The second kappa shape index (κ2) is 4.91. The minimum atomic E-state index is -0.443. The first kappa shape index (κ1) is 12.2. The van der Waals surface area contributed by atoms with Crippen molar-refractivity contribution >= 4 is 22.6 Å². The van der Waals surface area contributed by atoms with E-state index in [4.69, 9.17) is 15.2 Å². The van der Waals surface area contributed by atoms with E-state index in [1.807, 2.05) is 6.07 Å². The number of carbonyl (C=O) groups excluding carboxylic acids is 1. The molecule has 0 bridgehead atoms. The molecular formula is C13H14N2O3. The third-order valence-electron chi connectivity index (χ3n) is 2.58. The molecule has 0 radical (unpaired) electrons. The maximum Gasteiger partial charge on any atom is 0.340 e. The highest BCUT2D eigenvalue weighted by Crippen LogP contribution is 2.25. The van der Waals surface area contributed by atoms with Gasteiger partial charge in [-0.1, -0.05) is 6.07 Å². The van der Waals surface area contributed by atoms with E-state index in [1.165, 1.54) is 7.11 Å². The summed E-state index contributed by atoms with van der Waals surface area (Å²) >= 11 is 0. The molecule has 94 valence electrons. The van der Waals surface area contributed by atoms with Crippen molar-refractivity contribution in [2.24, 2.45) is 0 Å². The Morgan fingerprint density at radius 1 is 1.33 bits per heavy atom. The number of anilines is 1. The van der Waals surface area contributed by atoms with Crippen molar-refractivity contribution in [2.75, 3.05) is 19.5 Å². The van der Waals surface area contributed by atoms with Gasteiger partial charge in [0.1, 0.15) is 0 Å². The summed E-state index contributed by atoms with van der Waals surface area (Å²) < 4.78 is 9.98. The third kappa shape index (κ3) is 2.07. The number of rotatable bonds is 3. The molecule has 2 N–H and O–H groups in total. The summed E-state index contributed by atoms with van der Waals surface area (Å²) in [4.78, 5) is 15.9. The van der Waals surface area contributed by atoms with Crippen LogP contribution in [-0.4, -0.2) is 24.7 Å². The molecule has 0 aliphatic heterocycles. The lowest BCUT2D eigenvalue weighted by atomic mass is 10.1. The van der Waals surface area contributed by atoms with Gasteiger partial charge in [-0.25, -0.2) is 9.78 Å². The highest BCUT2D eigenvalue weighted by molar-refractivity contribution is 6.04. The second-order valence-corrected chi connectivity index (χ2v) is 3.67. The highest BCUT2D eigenvalue weighted by atomic mass is 16.5. The van der Waals surface area contributed by atoms with E-state index in [0.29, 0.717) is 29.3 Å². The number of aromatic nitrogens is 1. The lowest BCUT2D eigenvalue weighted by Gasteiger charge is -2.08. The van der Waals surface area contributed by atoms with Crippen LogP contribution >= 0.6 is 0 Å². The first-order chi connectivity index (χ1) is 8.67. The van der Waals surface area contributed by atoms with E-state index in [2.05, 4.69) is 4.98 Å². The Labute approximate surface area is 105 Å². The predicted octanol–water partition coefficient (Wildman–Crippen LogP) is 2.00. The molecule has 0 saturated heterocycles. The van der Waals surface area contributed by atoms with Crippen LogP contribution in [0.25, 0.3) is 10.9 Å². The Balaban J connectivity index is 2.58. The van der Waals surface area contributed by atoms with Crippen LogP contribution in [0.2, 0.25) is 0 Å². The topological polar surface area (TPSA) is 74.4 Å². The number of nitrogen functional groups attached to an aromatic ring is 1. The van der Waals surface area contributed by atoms with Gasteiger partial charge in [0, 0.05) is 11.5 Å². The minimum absolute atomic E-state index is 0.307. The molecule has 0 unspecified atom stereocenters. The number of pyridine rings is 1. The number of methoxy groups -OCH3 is 1. The summed E-state index contributed by atoms with van der Waals surface area (Å²) in [6.07, 6.45) is 0. The number of fused-ring (bicyclic) bond motifs is 1. The lowest BCUT2D eigenvalue weighted by Crippen LogP contribution is -2.08. The van der Waals surface area contributed by atoms with Crippen molar-refractivity contribution in [3.8, 4) is 5.88 Å². The standard InChI is InChI=1S/C13H14N2O3/c1-3-18-13(16)9-6-4-8-5-7-10(17-2)15-12(8)11(9)14/h4-7H,3,14H2,1-2H3. The molecule has 0 spiro atoms. The SMILES string of the molecule is CCOC(=O)c1ccc2ccc(OC)nc2c1N. The van der Waals surface area contributed by atoms with Crippen molar-refractivity contribution in [1.29, 1.82) is 0 Å². The molecule has 18 heavy (non-hydrogen) atoms. The number of benzene rings is 1. The normalized spacial score (nSPS) is 10.3. The fourth-order valence-corrected chi connectivity index (χ4v) is 1.69. The van der Waals surface area contributed by atoms with Crippen LogP contribution in [0.4, 0.5) is 5.69 Å². The summed E-state index contributed by atoms with van der Waals surface area (Å²) in [6.45, 7) is 2.05. The molecule has 0 aliphatic carbocycles. The number of esters is 1. The fourth-order valence-electron chi connectivity index (χ4n) is 1.69. The molecule has 0 atom stereocenters. The maximum atomic E-state index is 11.7. The molecule has 5 nitrogen and oxygen atoms in total. The number of hydrogen-bond donors (Lipinski definition) is 1. The van der Waals surface area contributed by atoms with Crippen LogP contribution in [0.3, 0.4) is 0 Å². The molecular weight excluding hydrogens is 232 g/mol. The quantitative estimate of drug-likeness (QED) is 0.662. The van der Waals surface area contributed by atoms with E-state index in [-0.39, 0.29) is 0 Å². The Bertz CT molecular complexity index is 596. The van der Waals surface area contributed by atoms with Gasteiger partial charge in [-0.15, -0.1) is 0 Å². The van der Waals surface area contributed by atoms with Gasteiger partial charge in [-0.2, -0.15) is 0 Å². The van der Waals surface area contributed by atoms with Gasteiger partial charge in [0.25, 0.3) is 0 Å². The third-order valence-corrected chi connectivity index (χ3v) is 2.58. The average Bonchev–Trinajstić information content (AvgIpc) is 2.39. The van der Waals surface area contributed by atoms with E-state index in [9.17, 15) is 4.79 Å². The van der Waals surface area contributed by atoms with Crippen LogP contribution in [0.1, 0.15) is 17.3 Å². The zero-order valence-corrected chi connectivity index (χ0v) is 10.3.